The summed E-state index contributed by atoms with van der Waals surface area (Å²) >= 11 is 0. The van der Waals surface area contributed by atoms with Crippen molar-refractivity contribution in [2.24, 2.45) is 5.92 Å². The number of aromatic hydroxyl groups is 1. The predicted octanol–water partition coefficient (Wildman–Crippen LogP) is 5.66. The number of halogens is 1. The van der Waals surface area contributed by atoms with E-state index in [1.54, 1.807) is 35.2 Å². The number of hydrogen-bond acceptors (Lipinski definition) is 5. The number of rotatable bonds is 8. The third kappa shape index (κ3) is 5.29. The third-order valence-corrected chi connectivity index (χ3v) is 7.92. The zero-order valence-corrected chi connectivity index (χ0v) is 21.5. The average Bonchev–Trinajstić information content (AvgIpc) is 2.92. The van der Waals surface area contributed by atoms with E-state index in [4.69, 9.17) is 0 Å². The molecule has 3 atom stereocenters. The summed E-state index contributed by atoms with van der Waals surface area (Å²) in [5, 5.41) is 21.5. The maximum absolute atomic E-state index is 14.2. The molecule has 39 heavy (non-hydrogen) atoms. The Morgan fingerprint density at radius 2 is 1.62 bits per heavy atom. The van der Waals surface area contributed by atoms with Gasteiger partial charge in [-0.1, -0.05) is 60.7 Å². The van der Waals surface area contributed by atoms with Crippen molar-refractivity contribution in [2.75, 3.05) is 4.90 Å². The van der Waals surface area contributed by atoms with Gasteiger partial charge in [-0.2, -0.15) is 8.42 Å². The molecule has 9 heteroatoms. The minimum absolute atomic E-state index is 0.127. The number of aliphatic hydroxyl groups is 1. The van der Waals surface area contributed by atoms with E-state index in [0.717, 1.165) is 0 Å². The van der Waals surface area contributed by atoms with Gasteiger partial charge in [0.05, 0.1) is 23.0 Å². The van der Waals surface area contributed by atoms with E-state index in [9.17, 15) is 32.4 Å². The molecule has 0 bridgehead atoms. The fourth-order valence-electron chi connectivity index (χ4n) is 5.13. The van der Waals surface area contributed by atoms with Gasteiger partial charge in [0.1, 0.15) is 11.6 Å². The van der Waals surface area contributed by atoms with Crippen LogP contribution in [0.2, 0.25) is 0 Å². The van der Waals surface area contributed by atoms with Gasteiger partial charge in [-0.25, -0.2) is 4.39 Å². The Hall–Kier alpha value is -4.05. The van der Waals surface area contributed by atoms with Crippen LogP contribution in [0.1, 0.15) is 36.1 Å². The number of nitrogens with zero attached hydrogens (tertiary/aromatic N) is 1. The van der Waals surface area contributed by atoms with Crippen molar-refractivity contribution in [2.45, 2.75) is 29.9 Å². The first-order chi connectivity index (χ1) is 18.6. The average molecular weight is 548 g/mol. The molecule has 7 nitrogen and oxygen atoms in total. The van der Waals surface area contributed by atoms with Crippen LogP contribution in [0, 0.1) is 11.7 Å². The molecule has 4 aromatic rings. The molecule has 200 valence electrons. The Balaban J connectivity index is 1.45. The lowest BCUT2D eigenvalue weighted by atomic mass is 9.78. The Morgan fingerprint density at radius 1 is 0.897 bits per heavy atom. The van der Waals surface area contributed by atoms with Crippen LogP contribution in [0.15, 0.2) is 102 Å². The number of carbonyl (C=O) groups excluding carboxylic acids is 1. The number of phenolic OH excluding ortho intramolecular Hbond substituents is 1. The summed E-state index contributed by atoms with van der Waals surface area (Å²) in [6, 6.07) is 25.1. The minimum atomic E-state index is -4.42. The van der Waals surface area contributed by atoms with Crippen molar-refractivity contribution in [3.8, 4) is 16.9 Å². The molecule has 1 saturated heterocycles. The number of aliphatic hydroxyl groups excluding tert-OH is 1. The van der Waals surface area contributed by atoms with Gasteiger partial charge in [-0.15, -0.1) is 0 Å². The van der Waals surface area contributed by atoms with Gasteiger partial charge in [0.15, 0.2) is 0 Å². The highest BCUT2D eigenvalue weighted by atomic mass is 32.2. The van der Waals surface area contributed by atoms with E-state index in [2.05, 4.69) is 0 Å². The largest absolute Gasteiger partial charge is 0.507 e. The summed E-state index contributed by atoms with van der Waals surface area (Å²) in [5.41, 5.74) is 2.25. The molecule has 0 aliphatic carbocycles. The zero-order valence-electron chi connectivity index (χ0n) is 20.7. The normalized spacial score (nSPS) is 18.0. The molecular weight excluding hydrogens is 521 g/mol. The van der Waals surface area contributed by atoms with Crippen LogP contribution in [0.4, 0.5) is 10.1 Å². The first-order valence-electron chi connectivity index (χ1n) is 12.4. The van der Waals surface area contributed by atoms with Crippen LogP contribution in [-0.4, -0.2) is 29.1 Å². The molecule has 1 aliphatic heterocycles. The Bertz CT molecular complexity index is 1630. The predicted molar refractivity (Wildman–Crippen MR) is 144 cm³/mol. The van der Waals surface area contributed by atoms with Crippen LogP contribution in [0.5, 0.6) is 5.75 Å². The van der Waals surface area contributed by atoms with Crippen molar-refractivity contribution in [3.05, 3.63) is 114 Å². The molecule has 0 unspecified atom stereocenters. The number of benzene rings is 4. The molecule has 1 aliphatic rings. The van der Waals surface area contributed by atoms with E-state index in [1.165, 1.54) is 36.4 Å². The number of hydrogen-bond donors (Lipinski definition) is 3. The highest BCUT2D eigenvalue weighted by molar-refractivity contribution is 7.85. The first-order valence-corrected chi connectivity index (χ1v) is 13.8. The Morgan fingerprint density at radius 3 is 2.31 bits per heavy atom. The van der Waals surface area contributed by atoms with Gasteiger partial charge in [-0.3, -0.25) is 9.35 Å². The molecule has 1 amide bonds. The lowest BCUT2D eigenvalue weighted by Gasteiger charge is -2.48. The van der Waals surface area contributed by atoms with Gasteiger partial charge < -0.3 is 15.1 Å². The van der Waals surface area contributed by atoms with Crippen molar-refractivity contribution < 1.29 is 32.4 Å². The number of para-hydroxylation sites is 1. The summed E-state index contributed by atoms with van der Waals surface area (Å²) < 4.78 is 46.7. The van der Waals surface area contributed by atoms with Gasteiger partial charge in [0, 0.05) is 16.8 Å². The summed E-state index contributed by atoms with van der Waals surface area (Å²) in [4.78, 5) is 14.6. The van der Waals surface area contributed by atoms with Crippen molar-refractivity contribution in [1.82, 2.24) is 0 Å². The SMILES string of the molecule is O=C1[C@H](CC[C@H](O)c2ccccc2F)[C@@H](c2ccc(-c3cccc(S(=O)(=O)O)c3)c(O)c2)N1c1ccccc1. The molecule has 3 N–H and O–H groups in total. The van der Waals surface area contributed by atoms with Crippen molar-refractivity contribution in [3.63, 3.8) is 0 Å². The molecule has 0 aromatic heterocycles. The summed E-state index contributed by atoms with van der Waals surface area (Å²) in [6.45, 7) is 0. The number of β-lactam (4-membered cyclic amide) rings is 1. The summed E-state index contributed by atoms with van der Waals surface area (Å²) in [5.74, 6) is -1.29. The number of anilines is 1. The Labute approximate surface area is 225 Å². The lowest BCUT2D eigenvalue weighted by molar-refractivity contribution is -0.131. The quantitative estimate of drug-likeness (QED) is 0.194. The van der Waals surface area contributed by atoms with E-state index >= 15 is 0 Å². The van der Waals surface area contributed by atoms with Gasteiger partial charge in [-0.05, 0) is 60.4 Å². The van der Waals surface area contributed by atoms with E-state index in [1.807, 2.05) is 30.3 Å². The second-order valence-electron chi connectivity index (χ2n) is 9.49. The summed E-state index contributed by atoms with van der Waals surface area (Å²) in [7, 11) is -4.42. The molecule has 0 radical (unpaired) electrons. The maximum Gasteiger partial charge on any atom is 0.294 e. The second-order valence-corrected chi connectivity index (χ2v) is 10.9. The van der Waals surface area contributed by atoms with E-state index < -0.39 is 34.0 Å². The fourth-order valence-corrected chi connectivity index (χ4v) is 5.65. The van der Waals surface area contributed by atoms with E-state index in [-0.39, 0.29) is 28.5 Å². The van der Waals surface area contributed by atoms with Crippen molar-refractivity contribution >= 4 is 21.7 Å². The highest BCUT2D eigenvalue weighted by Gasteiger charge is 2.48. The number of amides is 1. The molecule has 1 fully saturated rings. The molecule has 4 aromatic carbocycles. The third-order valence-electron chi connectivity index (χ3n) is 7.07. The van der Waals surface area contributed by atoms with Gasteiger partial charge in [0.2, 0.25) is 5.91 Å². The van der Waals surface area contributed by atoms with Gasteiger partial charge >= 0.3 is 0 Å². The lowest BCUT2D eigenvalue weighted by Crippen LogP contribution is -2.55. The standard InChI is InChI=1S/C30H26FNO6S/c31-26-12-5-4-11-24(26)27(33)16-15-25-29(32(30(25)35)21-8-2-1-3-9-21)20-13-14-23(28(34)18-20)19-7-6-10-22(17-19)39(36,37)38/h1-14,17-18,25,27,29,33-34H,15-16H2,(H,36,37,38)/t25-,27+,29-/m1/s1. The first kappa shape index (κ1) is 26.6. The fraction of sp³-hybridized carbons (Fsp3) is 0.167. The molecular formula is C30H26FNO6S. The summed E-state index contributed by atoms with van der Waals surface area (Å²) in [6.07, 6.45) is -0.610. The number of carbonyl (C=O) groups is 1. The van der Waals surface area contributed by atoms with Crippen LogP contribution >= 0.6 is 0 Å². The molecule has 0 saturated carbocycles. The highest BCUT2D eigenvalue weighted by Crippen LogP contribution is 2.47. The van der Waals surface area contributed by atoms with Crippen LogP contribution in [0.25, 0.3) is 11.1 Å². The van der Waals surface area contributed by atoms with Crippen LogP contribution < -0.4 is 4.90 Å². The van der Waals surface area contributed by atoms with Crippen LogP contribution in [0.3, 0.4) is 0 Å². The second kappa shape index (κ2) is 10.6. The van der Waals surface area contributed by atoms with Crippen LogP contribution in [-0.2, 0) is 14.9 Å². The van der Waals surface area contributed by atoms with Gasteiger partial charge in [0.25, 0.3) is 10.1 Å². The Kier molecular flexibility index (Phi) is 7.22. The number of phenols is 1. The molecule has 5 rings (SSSR count). The zero-order chi connectivity index (χ0) is 27.7. The topological polar surface area (TPSA) is 115 Å². The van der Waals surface area contributed by atoms with Crippen molar-refractivity contribution in [1.29, 1.82) is 0 Å². The molecule has 0 spiro atoms. The van der Waals surface area contributed by atoms with E-state index in [0.29, 0.717) is 28.8 Å². The smallest absolute Gasteiger partial charge is 0.294 e. The maximum atomic E-state index is 14.2. The molecule has 1 heterocycles. The minimum Gasteiger partial charge on any atom is -0.507 e. The monoisotopic (exact) mass is 547 g/mol.